The predicted molar refractivity (Wildman–Crippen MR) is 99.9 cm³/mol. The van der Waals surface area contributed by atoms with Crippen LogP contribution in [-0.4, -0.2) is 39.1 Å². The van der Waals surface area contributed by atoms with Gasteiger partial charge in [0.25, 0.3) is 0 Å². The Morgan fingerprint density at radius 3 is 2.69 bits per heavy atom. The molecule has 0 spiro atoms. The van der Waals surface area contributed by atoms with Gasteiger partial charge in [-0.1, -0.05) is 6.92 Å². The number of nitrogens with zero attached hydrogens (tertiary/aromatic N) is 3. The van der Waals surface area contributed by atoms with Crippen LogP contribution in [-0.2, 0) is 16.2 Å². The minimum Gasteiger partial charge on any atom is -0.345 e. The molecule has 0 aromatic carbocycles. The van der Waals surface area contributed by atoms with Crippen LogP contribution < -0.4 is 4.72 Å². The molecule has 0 aliphatic heterocycles. The van der Waals surface area contributed by atoms with E-state index in [-0.39, 0.29) is 28.6 Å². The van der Waals surface area contributed by atoms with Gasteiger partial charge in [-0.2, -0.15) is 13.2 Å². The molecular weight excluding hydrogens is 407 g/mol. The fourth-order valence-corrected chi connectivity index (χ4v) is 6.06. The predicted octanol–water partition coefficient (Wildman–Crippen LogP) is 3.19. The first-order valence-corrected chi connectivity index (χ1v) is 11.1. The van der Waals surface area contributed by atoms with Gasteiger partial charge in [-0.15, -0.1) is 0 Å². The van der Waals surface area contributed by atoms with Crippen molar-refractivity contribution >= 4 is 26.7 Å². The highest BCUT2D eigenvalue weighted by Crippen LogP contribution is 2.43. The van der Waals surface area contributed by atoms with E-state index in [0.717, 1.165) is 0 Å². The van der Waals surface area contributed by atoms with E-state index in [1.54, 1.807) is 12.3 Å². The maximum atomic E-state index is 13.6. The zero-order valence-corrected chi connectivity index (χ0v) is 16.4. The summed E-state index contributed by atoms with van der Waals surface area (Å²) in [5.74, 6) is -0.0123. The van der Waals surface area contributed by atoms with Crippen LogP contribution in [0.25, 0.3) is 16.7 Å². The number of H-pyrrole nitrogens is 1. The first-order valence-electron chi connectivity index (χ1n) is 9.58. The molecule has 3 aromatic heterocycles. The summed E-state index contributed by atoms with van der Waals surface area (Å²) in [4.78, 5) is 11.0. The zero-order valence-electron chi connectivity index (χ0n) is 15.6. The van der Waals surface area contributed by atoms with Crippen molar-refractivity contribution in [3.05, 3.63) is 30.0 Å². The number of fused-ring (bicyclic) bond motifs is 3. The topological polar surface area (TPSA) is 92.2 Å². The summed E-state index contributed by atoms with van der Waals surface area (Å²) in [6, 6.07) is 1.37. The summed E-state index contributed by atoms with van der Waals surface area (Å²) >= 11 is 0. The Hall–Kier alpha value is -2.14. The Bertz CT molecular complexity index is 1200. The summed E-state index contributed by atoms with van der Waals surface area (Å²) < 4.78 is 69.8. The lowest BCUT2D eigenvalue weighted by molar-refractivity contribution is -0.139. The Balaban J connectivity index is 1.58. The van der Waals surface area contributed by atoms with E-state index in [1.165, 1.54) is 10.6 Å². The molecule has 156 valence electrons. The molecule has 29 heavy (non-hydrogen) atoms. The highest BCUT2D eigenvalue weighted by molar-refractivity contribution is 7.90. The maximum Gasteiger partial charge on any atom is 0.435 e. The molecule has 11 heteroatoms. The Morgan fingerprint density at radius 1 is 1.24 bits per heavy atom. The molecule has 3 atom stereocenters. The van der Waals surface area contributed by atoms with E-state index in [1.807, 2.05) is 6.92 Å². The van der Waals surface area contributed by atoms with E-state index >= 15 is 0 Å². The molecule has 3 unspecified atom stereocenters. The van der Waals surface area contributed by atoms with E-state index < -0.39 is 21.9 Å². The standard InChI is InChI=1S/C18H20F3N5O2S/c1-9-6-10(25-29(27,28)11-2-3-11)7-12(9)17-24-15(18(19,20)21)14-8-23-16-13(26(14)17)4-5-22-16/h4-5,8-12,22,25H,2-3,6-7H2,1H3. The summed E-state index contributed by atoms with van der Waals surface area (Å²) in [5.41, 5.74) is -0.0534. The van der Waals surface area contributed by atoms with Gasteiger partial charge in [0.15, 0.2) is 11.3 Å². The van der Waals surface area contributed by atoms with E-state index in [4.69, 9.17) is 0 Å². The van der Waals surface area contributed by atoms with Gasteiger partial charge in [0.1, 0.15) is 5.82 Å². The van der Waals surface area contributed by atoms with Crippen LogP contribution >= 0.6 is 0 Å². The first kappa shape index (κ1) is 18.9. The van der Waals surface area contributed by atoms with Gasteiger partial charge in [0.2, 0.25) is 10.0 Å². The molecule has 3 aromatic rings. The molecule has 7 nitrogen and oxygen atoms in total. The Labute approximate surface area is 164 Å². The Kier molecular flexibility index (Phi) is 4.02. The highest BCUT2D eigenvalue weighted by Gasteiger charge is 2.43. The molecule has 2 aliphatic carbocycles. The minimum atomic E-state index is -4.61. The SMILES string of the molecule is CC1CC(NS(=O)(=O)C2CC2)CC1c1nc(C(F)(F)F)c2cnc3[nH]ccc3n12. The van der Waals surface area contributed by atoms with Crippen LogP contribution in [0.4, 0.5) is 13.2 Å². The Morgan fingerprint density at radius 2 is 2.00 bits per heavy atom. The molecule has 3 heterocycles. The van der Waals surface area contributed by atoms with Crippen molar-refractivity contribution in [3.63, 3.8) is 0 Å². The van der Waals surface area contributed by atoms with Crippen LogP contribution in [0.1, 0.15) is 50.0 Å². The number of hydrogen-bond donors (Lipinski definition) is 2. The lowest BCUT2D eigenvalue weighted by Crippen LogP contribution is -2.35. The number of nitrogens with one attached hydrogen (secondary N) is 2. The number of rotatable bonds is 4. The summed E-state index contributed by atoms with van der Waals surface area (Å²) in [6.07, 6.45) is 0.512. The summed E-state index contributed by atoms with van der Waals surface area (Å²) in [7, 11) is -3.36. The third kappa shape index (κ3) is 3.10. The van der Waals surface area contributed by atoms with Gasteiger partial charge in [0, 0.05) is 18.2 Å². The van der Waals surface area contributed by atoms with Crippen LogP contribution in [0.2, 0.25) is 0 Å². The smallest absolute Gasteiger partial charge is 0.345 e. The molecule has 2 fully saturated rings. The molecule has 0 bridgehead atoms. The second-order valence-corrected chi connectivity index (χ2v) is 10.1. The highest BCUT2D eigenvalue weighted by atomic mass is 32.2. The van der Waals surface area contributed by atoms with Gasteiger partial charge in [-0.3, -0.25) is 4.40 Å². The average molecular weight is 427 g/mol. The zero-order chi connectivity index (χ0) is 20.6. The fourth-order valence-electron chi connectivity index (χ4n) is 4.45. The van der Waals surface area contributed by atoms with Gasteiger partial charge in [-0.05, 0) is 37.7 Å². The average Bonchev–Trinajstić information content (AvgIpc) is 3.11. The monoisotopic (exact) mass is 427 g/mol. The molecule has 0 radical (unpaired) electrons. The molecular formula is C18H20F3N5O2S. The second-order valence-electron chi connectivity index (χ2n) is 8.12. The molecule has 0 saturated heterocycles. The van der Waals surface area contributed by atoms with Gasteiger partial charge in [-0.25, -0.2) is 23.1 Å². The van der Waals surface area contributed by atoms with Crippen LogP contribution in [0.15, 0.2) is 18.5 Å². The number of halogens is 3. The lowest BCUT2D eigenvalue weighted by atomic mass is 9.97. The number of sulfonamides is 1. The van der Waals surface area contributed by atoms with E-state index in [2.05, 4.69) is 19.7 Å². The van der Waals surface area contributed by atoms with E-state index in [0.29, 0.717) is 42.7 Å². The number of aromatic nitrogens is 4. The van der Waals surface area contributed by atoms with Crippen LogP contribution in [0.3, 0.4) is 0 Å². The fraction of sp³-hybridized carbons (Fsp3) is 0.556. The van der Waals surface area contributed by atoms with Crippen molar-refractivity contribution in [1.29, 1.82) is 0 Å². The van der Waals surface area contributed by atoms with E-state index in [9.17, 15) is 21.6 Å². The third-order valence-corrected chi connectivity index (χ3v) is 7.99. The number of imidazole rings is 1. The second kappa shape index (κ2) is 6.18. The normalized spacial score (nSPS) is 26.0. The molecule has 2 N–H and O–H groups in total. The number of alkyl halides is 3. The van der Waals surface area contributed by atoms with Crippen molar-refractivity contribution in [2.24, 2.45) is 5.92 Å². The molecule has 2 aliphatic rings. The largest absolute Gasteiger partial charge is 0.435 e. The number of aromatic amines is 1. The maximum absolute atomic E-state index is 13.6. The summed E-state index contributed by atoms with van der Waals surface area (Å²) in [5, 5.41) is -0.327. The molecule has 5 rings (SSSR count). The van der Waals surface area contributed by atoms with Crippen molar-refractivity contribution in [2.45, 2.75) is 56.0 Å². The quantitative estimate of drug-likeness (QED) is 0.669. The third-order valence-electron chi connectivity index (χ3n) is 5.98. The van der Waals surface area contributed by atoms with Crippen molar-refractivity contribution in [3.8, 4) is 0 Å². The first-order chi connectivity index (χ1) is 13.6. The summed E-state index contributed by atoms with van der Waals surface area (Å²) in [6.45, 7) is 1.93. The van der Waals surface area contributed by atoms with Crippen LogP contribution in [0, 0.1) is 5.92 Å². The van der Waals surface area contributed by atoms with Crippen molar-refractivity contribution < 1.29 is 21.6 Å². The van der Waals surface area contributed by atoms with Gasteiger partial charge in [0.05, 0.1) is 22.5 Å². The van der Waals surface area contributed by atoms with Gasteiger partial charge >= 0.3 is 6.18 Å². The van der Waals surface area contributed by atoms with Crippen LogP contribution in [0.5, 0.6) is 0 Å². The number of hydrogen-bond acceptors (Lipinski definition) is 4. The lowest BCUT2D eigenvalue weighted by Gasteiger charge is -2.14. The van der Waals surface area contributed by atoms with Crippen molar-refractivity contribution in [1.82, 2.24) is 24.1 Å². The minimum absolute atomic E-state index is 0.0178. The molecule has 0 amide bonds. The van der Waals surface area contributed by atoms with Crippen molar-refractivity contribution in [2.75, 3.05) is 0 Å². The van der Waals surface area contributed by atoms with Gasteiger partial charge < -0.3 is 4.98 Å². The molecule has 2 saturated carbocycles.